The summed E-state index contributed by atoms with van der Waals surface area (Å²) in [6.45, 7) is 9.64. The predicted molar refractivity (Wildman–Crippen MR) is 156 cm³/mol. The van der Waals surface area contributed by atoms with E-state index in [1.54, 1.807) is 0 Å². The van der Waals surface area contributed by atoms with Gasteiger partial charge in [-0.1, -0.05) is 101 Å². The van der Waals surface area contributed by atoms with Gasteiger partial charge in [-0.05, 0) is 70.2 Å². The van der Waals surface area contributed by atoms with Crippen LogP contribution in [0.4, 0.5) is 0 Å². The van der Waals surface area contributed by atoms with Gasteiger partial charge in [-0.2, -0.15) is 0 Å². The third-order valence-corrected chi connectivity index (χ3v) is 6.64. The molecule has 3 heteroatoms. The molecular weight excluding hydrogens is 444 g/mol. The average Bonchev–Trinajstić information content (AvgIpc) is 2.85. The second-order valence-electron chi connectivity index (χ2n) is 10.6. The van der Waals surface area contributed by atoms with Crippen LogP contribution in [0.15, 0.2) is 41.5 Å². The summed E-state index contributed by atoms with van der Waals surface area (Å²) in [6, 6.07) is 6.19. The lowest BCUT2D eigenvalue weighted by Crippen LogP contribution is -2.03. The van der Waals surface area contributed by atoms with Crippen LogP contribution < -0.4 is 9.47 Å². The van der Waals surface area contributed by atoms with E-state index >= 15 is 0 Å². The van der Waals surface area contributed by atoms with Crippen molar-refractivity contribution in [2.24, 2.45) is 0 Å². The number of allylic oxidation sites excluding steroid dienone is 3. The van der Waals surface area contributed by atoms with E-state index in [1.807, 2.05) is 6.07 Å². The topological polar surface area (TPSA) is 38.7 Å². The molecule has 0 fully saturated rings. The molecule has 206 valence electrons. The monoisotopic (exact) mass is 500 g/mol. The van der Waals surface area contributed by atoms with Crippen LogP contribution in [0, 0.1) is 0 Å². The molecular formula is C33H56O3. The van der Waals surface area contributed by atoms with Crippen molar-refractivity contribution in [2.45, 2.75) is 130 Å². The van der Waals surface area contributed by atoms with E-state index in [4.69, 9.17) is 14.6 Å². The van der Waals surface area contributed by atoms with E-state index in [-0.39, 0.29) is 6.61 Å². The number of ether oxygens (including phenoxy) is 2. The zero-order valence-corrected chi connectivity index (χ0v) is 24.1. The molecule has 1 N–H and O–H groups in total. The normalized spacial score (nSPS) is 11.5. The van der Waals surface area contributed by atoms with Crippen LogP contribution in [0.1, 0.15) is 130 Å². The summed E-state index contributed by atoms with van der Waals surface area (Å²) in [5.41, 5.74) is 3.98. The van der Waals surface area contributed by atoms with Gasteiger partial charge in [0, 0.05) is 6.07 Å². The highest BCUT2D eigenvalue weighted by Gasteiger charge is 2.04. The summed E-state index contributed by atoms with van der Waals surface area (Å²) in [5, 5.41) is 9.14. The fourth-order valence-electron chi connectivity index (χ4n) is 4.42. The van der Waals surface area contributed by atoms with Crippen LogP contribution in [0.3, 0.4) is 0 Å². The van der Waals surface area contributed by atoms with Crippen molar-refractivity contribution in [3.8, 4) is 11.5 Å². The molecule has 0 amide bonds. The Balaban J connectivity index is 2.33. The van der Waals surface area contributed by atoms with Gasteiger partial charge in [0.05, 0.1) is 6.61 Å². The lowest BCUT2D eigenvalue weighted by Gasteiger charge is -2.12. The van der Waals surface area contributed by atoms with Crippen molar-refractivity contribution >= 4 is 0 Å². The predicted octanol–water partition coefficient (Wildman–Crippen LogP) is 9.76. The van der Waals surface area contributed by atoms with Gasteiger partial charge in [-0.3, -0.25) is 0 Å². The second-order valence-corrected chi connectivity index (χ2v) is 10.6. The minimum Gasteiger partial charge on any atom is -0.491 e. The number of unbranched alkanes of at least 4 members (excludes halogenated alkanes) is 12. The van der Waals surface area contributed by atoms with Gasteiger partial charge in [0.25, 0.3) is 0 Å². The summed E-state index contributed by atoms with van der Waals surface area (Å²) < 4.78 is 11.8. The molecule has 0 saturated heterocycles. The summed E-state index contributed by atoms with van der Waals surface area (Å²) in [5.74, 6) is 1.64. The molecule has 0 aliphatic rings. The summed E-state index contributed by atoms with van der Waals surface area (Å²) in [4.78, 5) is 0. The zero-order chi connectivity index (χ0) is 26.3. The standard InChI is InChI=1S/C33H56O3/c1-5-6-7-8-9-10-11-12-13-14-15-16-17-21-31-26-32(28-33(27-31)36-25-23-34)35-24-22-30(4)20-18-19-29(2)3/h19,22,26-28,34H,5-18,20-21,23-25H2,1-4H3/b30-22+. The highest BCUT2D eigenvalue weighted by Crippen LogP contribution is 2.25. The molecule has 0 aliphatic carbocycles. The SMILES string of the molecule is CCCCCCCCCCCCCCCc1cc(OC/C=C(\C)CCC=C(C)C)cc(OCCO)c1. The molecule has 3 nitrogen and oxygen atoms in total. The molecule has 0 atom stereocenters. The largest absolute Gasteiger partial charge is 0.491 e. The molecule has 0 aromatic heterocycles. The van der Waals surface area contributed by atoms with E-state index in [0.29, 0.717) is 13.2 Å². The molecule has 0 unspecified atom stereocenters. The number of benzene rings is 1. The van der Waals surface area contributed by atoms with Crippen LogP contribution in [-0.4, -0.2) is 24.9 Å². The molecule has 0 aliphatic heterocycles. The Bertz CT molecular complexity index is 716. The van der Waals surface area contributed by atoms with Gasteiger partial charge in [0.2, 0.25) is 0 Å². The molecule has 1 aromatic rings. The number of hydrogen-bond acceptors (Lipinski definition) is 3. The third kappa shape index (κ3) is 18.5. The Morgan fingerprint density at radius 2 is 1.28 bits per heavy atom. The maximum atomic E-state index is 9.14. The Morgan fingerprint density at radius 1 is 0.722 bits per heavy atom. The average molecular weight is 501 g/mol. The molecule has 0 bridgehead atoms. The van der Waals surface area contributed by atoms with Gasteiger partial charge in [-0.25, -0.2) is 0 Å². The van der Waals surface area contributed by atoms with Gasteiger partial charge in [-0.15, -0.1) is 0 Å². The minimum atomic E-state index is 0.0207. The Morgan fingerprint density at radius 3 is 1.83 bits per heavy atom. The Hall–Kier alpha value is -1.74. The van der Waals surface area contributed by atoms with Crippen molar-refractivity contribution in [1.82, 2.24) is 0 Å². The molecule has 0 heterocycles. The number of aryl methyl sites for hydroxylation is 1. The maximum Gasteiger partial charge on any atom is 0.123 e. The van der Waals surface area contributed by atoms with Crippen molar-refractivity contribution in [2.75, 3.05) is 19.8 Å². The molecule has 0 saturated carbocycles. The quantitative estimate of drug-likeness (QED) is 0.120. The van der Waals surface area contributed by atoms with E-state index in [9.17, 15) is 0 Å². The van der Waals surface area contributed by atoms with Gasteiger partial charge in [0.1, 0.15) is 24.7 Å². The van der Waals surface area contributed by atoms with Crippen molar-refractivity contribution < 1.29 is 14.6 Å². The van der Waals surface area contributed by atoms with Gasteiger partial charge >= 0.3 is 0 Å². The smallest absolute Gasteiger partial charge is 0.123 e. The zero-order valence-electron chi connectivity index (χ0n) is 24.1. The summed E-state index contributed by atoms with van der Waals surface area (Å²) >= 11 is 0. The van der Waals surface area contributed by atoms with E-state index in [1.165, 1.54) is 100 Å². The first-order valence-corrected chi connectivity index (χ1v) is 14.8. The molecule has 1 aromatic carbocycles. The van der Waals surface area contributed by atoms with Crippen LogP contribution in [0.5, 0.6) is 11.5 Å². The maximum absolute atomic E-state index is 9.14. The van der Waals surface area contributed by atoms with Crippen molar-refractivity contribution in [3.63, 3.8) is 0 Å². The lowest BCUT2D eigenvalue weighted by molar-refractivity contribution is 0.200. The molecule has 1 rings (SSSR count). The number of hydrogen-bond donors (Lipinski definition) is 1. The van der Waals surface area contributed by atoms with E-state index in [0.717, 1.165) is 30.8 Å². The summed E-state index contributed by atoms with van der Waals surface area (Å²) in [7, 11) is 0. The lowest BCUT2D eigenvalue weighted by atomic mass is 10.0. The second kappa shape index (κ2) is 22.5. The summed E-state index contributed by atoms with van der Waals surface area (Å²) in [6.07, 6.45) is 25.5. The van der Waals surface area contributed by atoms with Gasteiger partial charge in [0.15, 0.2) is 0 Å². The molecule has 0 radical (unpaired) electrons. The Labute approximate surface area is 223 Å². The highest BCUT2D eigenvalue weighted by molar-refractivity contribution is 5.38. The highest BCUT2D eigenvalue weighted by atomic mass is 16.5. The first-order valence-electron chi connectivity index (χ1n) is 14.8. The first-order chi connectivity index (χ1) is 17.5. The van der Waals surface area contributed by atoms with E-state index in [2.05, 4.69) is 52.0 Å². The first kappa shape index (κ1) is 32.3. The third-order valence-electron chi connectivity index (χ3n) is 6.64. The van der Waals surface area contributed by atoms with E-state index < -0.39 is 0 Å². The number of aliphatic hydroxyl groups is 1. The fourth-order valence-corrected chi connectivity index (χ4v) is 4.42. The number of rotatable bonds is 23. The van der Waals surface area contributed by atoms with Crippen LogP contribution in [0.2, 0.25) is 0 Å². The molecule has 0 spiro atoms. The van der Waals surface area contributed by atoms with Crippen molar-refractivity contribution in [3.05, 3.63) is 47.1 Å². The minimum absolute atomic E-state index is 0.0207. The Kier molecular flexibility index (Phi) is 20.1. The van der Waals surface area contributed by atoms with Crippen LogP contribution in [0.25, 0.3) is 0 Å². The van der Waals surface area contributed by atoms with Crippen molar-refractivity contribution in [1.29, 1.82) is 0 Å². The van der Waals surface area contributed by atoms with Gasteiger partial charge < -0.3 is 14.6 Å². The number of aliphatic hydroxyl groups excluding tert-OH is 1. The van der Waals surface area contributed by atoms with Crippen LogP contribution >= 0.6 is 0 Å². The fraction of sp³-hybridized carbons (Fsp3) is 0.697. The van der Waals surface area contributed by atoms with Crippen LogP contribution in [-0.2, 0) is 6.42 Å². The molecule has 36 heavy (non-hydrogen) atoms.